The summed E-state index contributed by atoms with van der Waals surface area (Å²) >= 11 is 0. The Kier molecular flexibility index (Phi) is 3.14. The van der Waals surface area contributed by atoms with E-state index in [0.29, 0.717) is 6.54 Å². The van der Waals surface area contributed by atoms with Gasteiger partial charge >= 0.3 is 6.03 Å². The van der Waals surface area contributed by atoms with Crippen LogP contribution in [-0.2, 0) is 6.54 Å². The largest absolute Gasteiger partial charge is 0.351 e. The van der Waals surface area contributed by atoms with Crippen molar-refractivity contribution < 1.29 is 4.79 Å². The average molecular weight is 211 g/mol. The average Bonchev–Trinajstić information content (AvgIpc) is 2.17. The molecule has 0 fully saturated rings. The molecule has 0 atom stereocenters. The van der Waals surface area contributed by atoms with Gasteiger partial charge in [-0.1, -0.05) is 24.3 Å². The van der Waals surface area contributed by atoms with E-state index in [1.165, 1.54) is 4.90 Å². The van der Waals surface area contributed by atoms with Gasteiger partial charge in [0, 0.05) is 6.20 Å². The molecule has 2 rings (SSSR count). The molecule has 0 aromatic heterocycles. The Morgan fingerprint density at radius 2 is 2.07 bits per heavy atom. The first kappa shape index (κ1) is 10.6. The van der Waals surface area contributed by atoms with Crippen LogP contribution in [0.15, 0.2) is 30.5 Å². The van der Waals surface area contributed by atoms with Gasteiger partial charge in [-0.05, 0) is 17.2 Å². The summed E-state index contributed by atoms with van der Waals surface area (Å²) < 4.78 is 0. The molecule has 74 valence electrons. The fraction of sp³-hybridized carbons (Fsp3) is 0.100. The molecule has 0 spiro atoms. The van der Waals surface area contributed by atoms with Crippen molar-refractivity contribution in [2.24, 2.45) is 5.73 Å². The topological polar surface area (TPSA) is 46.3 Å². The van der Waals surface area contributed by atoms with E-state index >= 15 is 0 Å². The number of benzene rings is 1. The van der Waals surface area contributed by atoms with E-state index in [0.717, 1.165) is 11.1 Å². The first-order chi connectivity index (χ1) is 6.27. The minimum absolute atomic E-state index is 0. The van der Waals surface area contributed by atoms with E-state index in [1.54, 1.807) is 6.20 Å². The second-order valence-electron chi connectivity index (χ2n) is 2.98. The second kappa shape index (κ2) is 4.15. The number of urea groups is 1. The van der Waals surface area contributed by atoms with E-state index < -0.39 is 6.03 Å². The molecule has 3 nitrogen and oxygen atoms in total. The summed E-state index contributed by atoms with van der Waals surface area (Å²) in [5.41, 5.74) is 7.44. The molecule has 14 heavy (non-hydrogen) atoms. The van der Waals surface area contributed by atoms with Crippen molar-refractivity contribution in [1.29, 1.82) is 0 Å². The fourth-order valence-corrected chi connectivity index (χ4v) is 1.40. The van der Waals surface area contributed by atoms with Crippen molar-refractivity contribution in [3.05, 3.63) is 41.6 Å². The Bertz CT molecular complexity index is 376. The predicted octanol–water partition coefficient (Wildman–Crippen LogP) is 1.97. The maximum absolute atomic E-state index is 10.9. The number of amides is 2. The van der Waals surface area contributed by atoms with Crippen molar-refractivity contribution in [3.63, 3.8) is 0 Å². The second-order valence-corrected chi connectivity index (χ2v) is 2.98. The molecular formula is C10H11ClN2O. The minimum Gasteiger partial charge on any atom is -0.351 e. The SMILES string of the molecule is Cl.NC(=O)N1C=Cc2ccccc2C1. The lowest BCUT2D eigenvalue weighted by molar-refractivity contribution is 0.223. The maximum atomic E-state index is 10.9. The van der Waals surface area contributed by atoms with Crippen LogP contribution in [0.5, 0.6) is 0 Å². The quantitative estimate of drug-likeness (QED) is 0.699. The lowest BCUT2D eigenvalue weighted by atomic mass is 10.0. The van der Waals surface area contributed by atoms with Gasteiger partial charge in [0.1, 0.15) is 0 Å². The number of hydrogen-bond donors (Lipinski definition) is 1. The molecule has 1 heterocycles. The molecule has 0 unspecified atom stereocenters. The fourth-order valence-electron chi connectivity index (χ4n) is 1.40. The number of hydrogen-bond acceptors (Lipinski definition) is 1. The van der Waals surface area contributed by atoms with E-state index in [9.17, 15) is 4.79 Å². The molecular weight excluding hydrogens is 200 g/mol. The zero-order valence-corrected chi connectivity index (χ0v) is 8.33. The number of nitrogens with zero attached hydrogens (tertiary/aromatic N) is 1. The Balaban J connectivity index is 0.000000980. The molecule has 1 aromatic carbocycles. The first-order valence-corrected chi connectivity index (χ1v) is 4.09. The lowest BCUT2D eigenvalue weighted by Gasteiger charge is -2.21. The van der Waals surface area contributed by atoms with Crippen LogP contribution >= 0.6 is 12.4 Å². The van der Waals surface area contributed by atoms with Crippen molar-refractivity contribution in [2.45, 2.75) is 6.54 Å². The van der Waals surface area contributed by atoms with Crippen molar-refractivity contribution >= 4 is 24.5 Å². The Labute approximate surface area is 88.6 Å². The number of nitrogens with two attached hydrogens (primary N) is 1. The highest BCUT2D eigenvalue weighted by Gasteiger charge is 2.12. The Morgan fingerprint density at radius 3 is 2.79 bits per heavy atom. The predicted molar refractivity (Wildman–Crippen MR) is 57.9 cm³/mol. The van der Waals surface area contributed by atoms with Gasteiger partial charge in [0.2, 0.25) is 0 Å². The lowest BCUT2D eigenvalue weighted by Crippen LogP contribution is -2.32. The molecule has 2 amide bonds. The highest BCUT2D eigenvalue weighted by Crippen LogP contribution is 2.18. The van der Waals surface area contributed by atoms with Gasteiger partial charge in [-0.15, -0.1) is 12.4 Å². The number of carbonyl (C=O) groups excluding carboxylic acids is 1. The van der Waals surface area contributed by atoms with Crippen LogP contribution < -0.4 is 5.73 Å². The third-order valence-corrected chi connectivity index (χ3v) is 2.11. The summed E-state index contributed by atoms with van der Waals surface area (Å²) in [6, 6.07) is 7.53. The van der Waals surface area contributed by atoms with Crippen molar-refractivity contribution in [1.82, 2.24) is 4.90 Å². The Morgan fingerprint density at radius 1 is 1.36 bits per heavy atom. The summed E-state index contributed by atoms with van der Waals surface area (Å²) in [5, 5.41) is 0. The summed E-state index contributed by atoms with van der Waals surface area (Å²) in [5.74, 6) is 0. The standard InChI is InChI=1S/C10H10N2O.ClH/c11-10(13)12-6-5-8-3-1-2-4-9(8)7-12;/h1-6H,7H2,(H2,11,13);1H. The number of fused-ring (bicyclic) bond motifs is 1. The maximum Gasteiger partial charge on any atom is 0.319 e. The van der Waals surface area contributed by atoms with Gasteiger partial charge in [-0.25, -0.2) is 4.79 Å². The normalized spacial score (nSPS) is 13.0. The molecule has 2 N–H and O–H groups in total. The smallest absolute Gasteiger partial charge is 0.319 e. The number of carbonyl (C=O) groups is 1. The zero-order valence-electron chi connectivity index (χ0n) is 7.51. The molecule has 0 radical (unpaired) electrons. The molecule has 0 saturated carbocycles. The number of primary amides is 1. The highest BCUT2D eigenvalue weighted by molar-refractivity contribution is 5.85. The van der Waals surface area contributed by atoms with Gasteiger partial charge in [0.25, 0.3) is 0 Å². The van der Waals surface area contributed by atoms with E-state index in [-0.39, 0.29) is 12.4 Å². The highest BCUT2D eigenvalue weighted by atomic mass is 35.5. The van der Waals surface area contributed by atoms with Crippen LogP contribution in [0.3, 0.4) is 0 Å². The van der Waals surface area contributed by atoms with Crippen LogP contribution in [0.4, 0.5) is 4.79 Å². The van der Waals surface area contributed by atoms with Gasteiger partial charge < -0.3 is 5.73 Å². The summed E-state index contributed by atoms with van der Waals surface area (Å²) in [7, 11) is 0. The van der Waals surface area contributed by atoms with Crippen LogP contribution in [0.1, 0.15) is 11.1 Å². The van der Waals surface area contributed by atoms with Crippen LogP contribution in [-0.4, -0.2) is 10.9 Å². The monoisotopic (exact) mass is 210 g/mol. The van der Waals surface area contributed by atoms with Gasteiger partial charge in [0.05, 0.1) is 6.54 Å². The number of rotatable bonds is 0. The molecule has 4 heteroatoms. The summed E-state index contributed by atoms with van der Waals surface area (Å²) in [6.07, 6.45) is 3.61. The third-order valence-electron chi connectivity index (χ3n) is 2.11. The third kappa shape index (κ3) is 1.88. The van der Waals surface area contributed by atoms with Crippen molar-refractivity contribution in [3.8, 4) is 0 Å². The van der Waals surface area contributed by atoms with E-state index in [2.05, 4.69) is 0 Å². The van der Waals surface area contributed by atoms with Crippen LogP contribution in [0.25, 0.3) is 6.08 Å². The van der Waals surface area contributed by atoms with Gasteiger partial charge in [0.15, 0.2) is 0 Å². The van der Waals surface area contributed by atoms with Gasteiger partial charge in [-0.3, -0.25) is 4.90 Å². The molecule has 0 aliphatic carbocycles. The van der Waals surface area contributed by atoms with E-state index in [1.807, 2.05) is 30.3 Å². The first-order valence-electron chi connectivity index (χ1n) is 4.09. The Hall–Kier alpha value is -1.48. The molecule has 1 aliphatic heterocycles. The molecule has 1 aliphatic rings. The zero-order chi connectivity index (χ0) is 9.26. The molecule has 0 bridgehead atoms. The van der Waals surface area contributed by atoms with Crippen molar-refractivity contribution in [2.75, 3.05) is 0 Å². The summed E-state index contributed by atoms with van der Waals surface area (Å²) in [6.45, 7) is 0.571. The molecule has 0 saturated heterocycles. The van der Waals surface area contributed by atoms with Gasteiger partial charge in [-0.2, -0.15) is 0 Å². The van der Waals surface area contributed by atoms with Crippen LogP contribution in [0, 0.1) is 0 Å². The molecule has 1 aromatic rings. The van der Waals surface area contributed by atoms with Crippen LogP contribution in [0.2, 0.25) is 0 Å². The minimum atomic E-state index is -0.411. The van der Waals surface area contributed by atoms with E-state index in [4.69, 9.17) is 5.73 Å². The number of halogens is 1. The summed E-state index contributed by atoms with van der Waals surface area (Å²) in [4.78, 5) is 12.3.